The highest BCUT2D eigenvalue weighted by Gasteiger charge is 2.41. The maximum absolute atomic E-state index is 12.4. The number of alkyl halides is 3. The molecule has 0 amide bonds. The Kier molecular flexibility index (Phi) is 5.54. The predicted octanol–water partition coefficient (Wildman–Crippen LogP) is 4.41. The molecule has 0 unspecified atom stereocenters. The lowest BCUT2D eigenvalue weighted by Crippen LogP contribution is -2.31. The lowest BCUT2D eigenvalue weighted by molar-refractivity contribution is -0.386. The lowest BCUT2D eigenvalue weighted by atomic mass is 9.83. The van der Waals surface area contributed by atoms with E-state index in [1.165, 1.54) is 6.07 Å². The van der Waals surface area contributed by atoms with E-state index in [9.17, 15) is 28.1 Å². The fourth-order valence-corrected chi connectivity index (χ4v) is 2.95. The molecule has 0 aromatic heterocycles. The van der Waals surface area contributed by atoms with Crippen molar-refractivity contribution in [2.24, 2.45) is 5.41 Å². The van der Waals surface area contributed by atoms with Gasteiger partial charge in [-0.25, -0.2) is 0 Å². The zero-order valence-electron chi connectivity index (χ0n) is 13.6. The number of nitro benzene ring substituents is 1. The number of nitro groups is 1. The molecule has 1 aliphatic carbocycles. The Morgan fingerprint density at radius 2 is 1.96 bits per heavy atom. The minimum Gasteiger partial charge on any atom is -0.477 e. The third-order valence-corrected chi connectivity index (χ3v) is 4.40. The molecule has 0 spiro atoms. The molecule has 0 bridgehead atoms. The minimum atomic E-state index is -4.64. The maximum atomic E-state index is 12.4. The van der Waals surface area contributed by atoms with E-state index >= 15 is 0 Å². The summed E-state index contributed by atoms with van der Waals surface area (Å²) in [7, 11) is 0. The fraction of sp³-hybridized carbons (Fsp3) is 0.562. The molecule has 0 atom stereocenters. The molecule has 1 aromatic carbocycles. The molecule has 0 N–H and O–H groups in total. The summed E-state index contributed by atoms with van der Waals surface area (Å²) >= 11 is 0. The van der Waals surface area contributed by atoms with Crippen molar-refractivity contribution in [2.45, 2.75) is 45.2 Å². The molecule has 0 heterocycles. The molecule has 1 aromatic rings. The topological polar surface area (TPSA) is 78.7 Å². The summed E-state index contributed by atoms with van der Waals surface area (Å²) in [5.74, 6) is -1.14. The van der Waals surface area contributed by atoms with E-state index in [0.717, 1.165) is 25.0 Å². The van der Waals surface area contributed by atoms with Gasteiger partial charge < -0.3 is 9.47 Å². The number of hydrogen-bond donors (Lipinski definition) is 0. The van der Waals surface area contributed by atoms with Crippen molar-refractivity contribution < 1.29 is 32.4 Å². The number of ether oxygens (including phenoxy) is 2. The zero-order valence-corrected chi connectivity index (χ0v) is 13.6. The summed E-state index contributed by atoms with van der Waals surface area (Å²) in [4.78, 5) is 22.5. The average Bonchev–Trinajstić information content (AvgIpc) is 3.02. The van der Waals surface area contributed by atoms with Crippen LogP contribution in [0.3, 0.4) is 0 Å². The van der Waals surface area contributed by atoms with Gasteiger partial charge in [0.1, 0.15) is 5.75 Å². The second-order valence-corrected chi connectivity index (χ2v) is 6.02. The molecule has 0 radical (unpaired) electrons. The summed E-state index contributed by atoms with van der Waals surface area (Å²) in [5, 5.41) is 10.9. The number of nitrogens with zero attached hydrogens (tertiary/aromatic N) is 1. The molecule has 1 aliphatic rings. The van der Waals surface area contributed by atoms with E-state index in [-0.39, 0.29) is 5.75 Å². The van der Waals surface area contributed by atoms with Gasteiger partial charge in [-0.15, -0.1) is 0 Å². The third-order valence-electron chi connectivity index (χ3n) is 4.40. The van der Waals surface area contributed by atoms with E-state index < -0.39 is 40.5 Å². The summed E-state index contributed by atoms with van der Waals surface area (Å²) in [6, 6.07) is 3.08. The number of carbonyl (C=O) groups excluding carboxylic acids is 1. The van der Waals surface area contributed by atoms with Gasteiger partial charge in [-0.2, -0.15) is 13.2 Å². The Hall–Kier alpha value is -2.32. The first-order valence-corrected chi connectivity index (χ1v) is 7.87. The summed E-state index contributed by atoms with van der Waals surface area (Å²) in [6.45, 7) is 0.199. The van der Waals surface area contributed by atoms with Crippen LogP contribution in [0.25, 0.3) is 0 Å². The quantitative estimate of drug-likeness (QED) is 0.324. The van der Waals surface area contributed by atoms with Crippen molar-refractivity contribution in [2.75, 3.05) is 6.61 Å². The number of halogens is 3. The highest BCUT2D eigenvalue weighted by molar-refractivity contribution is 5.79. The number of benzene rings is 1. The van der Waals surface area contributed by atoms with E-state index in [1.54, 1.807) is 0 Å². The van der Waals surface area contributed by atoms with Crippen LogP contribution < -0.4 is 9.47 Å². The van der Waals surface area contributed by atoms with E-state index in [4.69, 9.17) is 4.74 Å². The Balaban J connectivity index is 2.21. The van der Waals surface area contributed by atoms with Gasteiger partial charge in [-0.1, -0.05) is 19.8 Å². The Morgan fingerprint density at radius 1 is 1.32 bits per heavy atom. The second-order valence-electron chi connectivity index (χ2n) is 6.02. The summed E-state index contributed by atoms with van der Waals surface area (Å²) < 4.78 is 46.7. The Bertz CT molecular complexity index is 654. The van der Waals surface area contributed by atoms with Crippen LogP contribution in [-0.4, -0.2) is 23.7 Å². The van der Waals surface area contributed by atoms with E-state index in [0.29, 0.717) is 19.3 Å². The normalized spacial score (nSPS) is 16.5. The standard InChI is InChI=1S/C16H18F3NO5/c1-2-15(7-3-4-8-15)14(21)25-11-5-6-12(20(22)23)13(9-11)24-10-16(17,18)19/h5-6,9H,2-4,7-8,10H2,1H3. The number of hydrogen-bond acceptors (Lipinski definition) is 5. The smallest absolute Gasteiger partial charge is 0.422 e. The molecule has 6 nitrogen and oxygen atoms in total. The van der Waals surface area contributed by atoms with Crippen LogP contribution in [0.2, 0.25) is 0 Å². The van der Waals surface area contributed by atoms with Gasteiger partial charge in [0.25, 0.3) is 0 Å². The van der Waals surface area contributed by atoms with Gasteiger partial charge in [-0.05, 0) is 25.3 Å². The summed E-state index contributed by atoms with van der Waals surface area (Å²) in [6.07, 6.45) is -0.862. The van der Waals surface area contributed by atoms with Crippen molar-refractivity contribution >= 4 is 11.7 Å². The molecule has 1 fully saturated rings. The zero-order chi connectivity index (χ0) is 18.7. The molecule has 9 heteroatoms. The van der Waals surface area contributed by atoms with Crippen LogP contribution in [0.4, 0.5) is 18.9 Å². The first-order valence-electron chi connectivity index (χ1n) is 7.87. The molecule has 2 rings (SSSR count). The van der Waals surface area contributed by atoms with Crippen molar-refractivity contribution in [3.63, 3.8) is 0 Å². The van der Waals surface area contributed by atoms with Crippen LogP contribution in [0.5, 0.6) is 11.5 Å². The molecular weight excluding hydrogens is 343 g/mol. The molecule has 25 heavy (non-hydrogen) atoms. The minimum absolute atomic E-state index is 0.0764. The number of carbonyl (C=O) groups is 1. The third kappa shape index (κ3) is 4.61. The van der Waals surface area contributed by atoms with Crippen LogP contribution in [0.1, 0.15) is 39.0 Å². The molecule has 138 valence electrons. The van der Waals surface area contributed by atoms with Crippen molar-refractivity contribution in [1.29, 1.82) is 0 Å². The maximum Gasteiger partial charge on any atom is 0.422 e. The predicted molar refractivity (Wildman–Crippen MR) is 81.5 cm³/mol. The van der Waals surface area contributed by atoms with Crippen molar-refractivity contribution in [3.8, 4) is 11.5 Å². The van der Waals surface area contributed by atoms with Gasteiger partial charge in [0, 0.05) is 12.1 Å². The van der Waals surface area contributed by atoms with Gasteiger partial charge in [0.2, 0.25) is 5.75 Å². The van der Waals surface area contributed by atoms with Crippen molar-refractivity contribution in [3.05, 3.63) is 28.3 Å². The Morgan fingerprint density at radius 3 is 2.48 bits per heavy atom. The van der Waals surface area contributed by atoms with E-state index in [2.05, 4.69) is 4.74 Å². The highest BCUT2D eigenvalue weighted by atomic mass is 19.4. The van der Waals surface area contributed by atoms with Crippen LogP contribution in [-0.2, 0) is 4.79 Å². The van der Waals surface area contributed by atoms with Crippen molar-refractivity contribution in [1.82, 2.24) is 0 Å². The van der Waals surface area contributed by atoms with E-state index in [1.807, 2.05) is 6.92 Å². The first kappa shape index (κ1) is 19.0. The SMILES string of the molecule is CCC1(C(=O)Oc2ccc([N+](=O)[O-])c(OCC(F)(F)F)c2)CCCC1. The molecular formula is C16H18F3NO5. The largest absolute Gasteiger partial charge is 0.477 e. The Labute approximate surface area is 142 Å². The van der Waals surface area contributed by atoms with Gasteiger partial charge in [-0.3, -0.25) is 14.9 Å². The second kappa shape index (κ2) is 7.28. The first-order chi connectivity index (χ1) is 11.7. The molecule has 0 saturated heterocycles. The number of rotatable bonds is 6. The fourth-order valence-electron chi connectivity index (χ4n) is 2.95. The number of esters is 1. The van der Waals surface area contributed by atoms with Gasteiger partial charge in [0.05, 0.1) is 10.3 Å². The van der Waals surface area contributed by atoms with Gasteiger partial charge >= 0.3 is 17.8 Å². The molecule has 0 aliphatic heterocycles. The molecule has 1 saturated carbocycles. The monoisotopic (exact) mass is 361 g/mol. The van der Waals surface area contributed by atoms with Gasteiger partial charge in [0.15, 0.2) is 6.61 Å². The van der Waals surface area contributed by atoms with Crippen LogP contribution in [0, 0.1) is 15.5 Å². The lowest BCUT2D eigenvalue weighted by Gasteiger charge is -2.24. The van der Waals surface area contributed by atoms with Crippen LogP contribution in [0.15, 0.2) is 18.2 Å². The summed E-state index contributed by atoms with van der Waals surface area (Å²) in [5.41, 5.74) is -1.23. The highest BCUT2D eigenvalue weighted by Crippen LogP contribution is 2.42. The average molecular weight is 361 g/mol. The van der Waals surface area contributed by atoms with Crippen LogP contribution >= 0.6 is 0 Å².